The SMILES string of the molecule is CCOC(=O)C1=C(O)C(=Cc2ccc(C(=O)OC)cc2)SC1=NC(=O)c1ccc(C(C)(C)C)cc1. The fourth-order valence-electron chi connectivity index (χ4n) is 3.25. The van der Waals surface area contributed by atoms with Crippen LogP contribution in [0.4, 0.5) is 0 Å². The molecule has 182 valence electrons. The summed E-state index contributed by atoms with van der Waals surface area (Å²) in [5.74, 6) is -2.09. The minimum atomic E-state index is -0.767. The van der Waals surface area contributed by atoms with E-state index in [2.05, 4.69) is 25.8 Å². The van der Waals surface area contributed by atoms with E-state index in [0.717, 1.165) is 17.3 Å². The molecule has 1 aliphatic rings. The van der Waals surface area contributed by atoms with Crippen LogP contribution in [0.1, 0.15) is 59.5 Å². The number of methoxy groups -OCH3 is 1. The average molecular weight is 494 g/mol. The van der Waals surface area contributed by atoms with E-state index in [1.165, 1.54) is 7.11 Å². The zero-order valence-electron chi connectivity index (χ0n) is 20.2. The molecule has 0 aromatic heterocycles. The molecule has 7 nitrogen and oxygen atoms in total. The van der Waals surface area contributed by atoms with Crippen LogP contribution in [0, 0.1) is 0 Å². The number of hydrogen-bond acceptors (Lipinski definition) is 7. The predicted molar refractivity (Wildman–Crippen MR) is 137 cm³/mol. The Morgan fingerprint density at radius 2 is 1.57 bits per heavy atom. The quantitative estimate of drug-likeness (QED) is 0.551. The van der Waals surface area contributed by atoms with Gasteiger partial charge in [-0.05, 0) is 53.8 Å². The highest BCUT2D eigenvalue weighted by molar-refractivity contribution is 8.18. The number of nitrogens with zero attached hydrogens (tertiary/aromatic N) is 1. The number of esters is 2. The van der Waals surface area contributed by atoms with E-state index in [0.29, 0.717) is 21.6 Å². The molecule has 0 radical (unpaired) electrons. The Labute approximate surface area is 208 Å². The van der Waals surface area contributed by atoms with Gasteiger partial charge in [-0.3, -0.25) is 4.79 Å². The van der Waals surface area contributed by atoms with Crippen LogP contribution in [0.5, 0.6) is 0 Å². The summed E-state index contributed by atoms with van der Waals surface area (Å²) < 4.78 is 9.77. The fraction of sp³-hybridized carbons (Fsp3) is 0.259. The van der Waals surface area contributed by atoms with E-state index >= 15 is 0 Å². The number of thioether (sulfide) groups is 1. The zero-order valence-corrected chi connectivity index (χ0v) is 21.1. The number of hydrogen-bond donors (Lipinski definition) is 1. The van der Waals surface area contributed by atoms with E-state index in [4.69, 9.17) is 9.47 Å². The Kier molecular flexibility index (Phi) is 7.96. The van der Waals surface area contributed by atoms with E-state index in [1.54, 1.807) is 49.4 Å². The monoisotopic (exact) mass is 493 g/mol. The smallest absolute Gasteiger partial charge is 0.344 e. The third kappa shape index (κ3) is 6.08. The number of aliphatic imine (C=N–C) groups is 1. The van der Waals surface area contributed by atoms with Gasteiger partial charge in [-0.1, -0.05) is 56.8 Å². The maximum absolute atomic E-state index is 12.9. The molecule has 35 heavy (non-hydrogen) atoms. The molecule has 0 atom stereocenters. The highest BCUT2D eigenvalue weighted by atomic mass is 32.2. The molecule has 0 saturated heterocycles. The summed E-state index contributed by atoms with van der Waals surface area (Å²) in [5, 5.41) is 10.8. The molecule has 1 amide bonds. The normalized spacial score (nSPS) is 16.0. The van der Waals surface area contributed by atoms with Gasteiger partial charge in [0.2, 0.25) is 0 Å². The predicted octanol–water partition coefficient (Wildman–Crippen LogP) is 5.47. The first-order valence-electron chi connectivity index (χ1n) is 11.0. The molecule has 2 aromatic carbocycles. The topological polar surface area (TPSA) is 102 Å². The minimum Gasteiger partial charge on any atom is -0.506 e. The van der Waals surface area contributed by atoms with Crippen molar-refractivity contribution in [3.63, 3.8) is 0 Å². The average Bonchev–Trinajstić information content (AvgIpc) is 3.13. The van der Waals surface area contributed by atoms with Crippen molar-refractivity contribution in [2.75, 3.05) is 13.7 Å². The Bertz CT molecular complexity index is 1230. The molecule has 1 N–H and O–H groups in total. The lowest BCUT2D eigenvalue weighted by Crippen LogP contribution is -2.14. The number of benzene rings is 2. The van der Waals surface area contributed by atoms with Gasteiger partial charge in [-0.25, -0.2) is 14.6 Å². The second-order valence-electron chi connectivity index (χ2n) is 8.72. The molecule has 1 heterocycles. The van der Waals surface area contributed by atoms with Crippen LogP contribution in [0.25, 0.3) is 6.08 Å². The van der Waals surface area contributed by atoms with E-state index in [9.17, 15) is 19.5 Å². The van der Waals surface area contributed by atoms with Gasteiger partial charge in [0.1, 0.15) is 16.4 Å². The van der Waals surface area contributed by atoms with Crippen molar-refractivity contribution in [3.8, 4) is 0 Å². The van der Waals surface area contributed by atoms with Gasteiger partial charge in [0.05, 0.1) is 24.2 Å². The van der Waals surface area contributed by atoms with Crippen molar-refractivity contribution in [2.24, 2.45) is 4.99 Å². The van der Waals surface area contributed by atoms with Crippen molar-refractivity contribution in [2.45, 2.75) is 33.1 Å². The molecule has 1 aliphatic heterocycles. The number of carbonyl (C=O) groups excluding carboxylic acids is 3. The number of ether oxygens (including phenoxy) is 2. The summed E-state index contributed by atoms with van der Waals surface area (Å²) >= 11 is 0.995. The van der Waals surface area contributed by atoms with Gasteiger partial charge in [0, 0.05) is 5.56 Å². The molecular weight excluding hydrogens is 466 g/mol. The minimum absolute atomic E-state index is 0.0586. The third-order valence-corrected chi connectivity index (χ3v) is 6.22. The molecule has 0 aliphatic carbocycles. The zero-order chi connectivity index (χ0) is 25.8. The second kappa shape index (κ2) is 10.7. The van der Waals surface area contributed by atoms with Crippen LogP contribution in [-0.4, -0.2) is 41.7 Å². The Hall–Kier alpha value is -3.65. The van der Waals surface area contributed by atoms with Crippen LogP contribution in [0.2, 0.25) is 0 Å². The molecular formula is C27H27NO6S. The van der Waals surface area contributed by atoms with Crippen molar-refractivity contribution in [3.05, 3.63) is 87.0 Å². The Morgan fingerprint density at radius 1 is 0.971 bits per heavy atom. The van der Waals surface area contributed by atoms with Crippen molar-refractivity contribution >= 4 is 40.7 Å². The molecule has 0 unspecified atom stereocenters. The number of aliphatic hydroxyl groups is 1. The van der Waals surface area contributed by atoms with Crippen LogP contribution in [0.15, 0.2) is 69.8 Å². The lowest BCUT2D eigenvalue weighted by Gasteiger charge is -2.18. The number of aliphatic hydroxyl groups excluding tert-OH is 1. The number of rotatable bonds is 5. The summed E-state index contributed by atoms with van der Waals surface area (Å²) in [6.45, 7) is 7.99. The first-order valence-corrected chi connectivity index (χ1v) is 11.8. The van der Waals surface area contributed by atoms with Gasteiger partial charge in [0.15, 0.2) is 0 Å². The molecule has 0 saturated carbocycles. The summed E-state index contributed by atoms with van der Waals surface area (Å²) in [7, 11) is 1.30. The maximum Gasteiger partial charge on any atom is 0.344 e. The maximum atomic E-state index is 12.9. The molecule has 0 bridgehead atoms. The van der Waals surface area contributed by atoms with Crippen LogP contribution in [-0.2, 0) is 19.7 Å². The fourth-order valence-corrected chi connectivity index (χ4v) is 4.26. The molecule has 0 fully saturated rings. The standard InChI is InChI=1S/C27H27NO6S/c1-6-34-26(32)21-22(29)20(15-16-7-9-18(10-8-16)25(31)33-5)35-24(21)28-23(30)17-11-13-19(14-12-17)27(2,3)4/h7-15,29H,6H2,1-5H3. The highest BCUT2D eigenvalue weighted by Gasteiger charge is 2.34. The summed E-state index contributed by atoms with van der Waals surface area (Å²) in [6, 6.07) is 13.7. The highest BCUT2D eigenvalue weighted by Crippen LogP contribution is 2.39. The molecule has 3 rings (SSSR count). The molecule has 8 heteroatoms. The molecule has 2 aromatic rings. The third-order valence-electron chi connectivity index (χ3n) is 5.20. The first-order chi connectivity index (χ1) is 16.5. The Morgan fingerprint density at radius 3 is 2.11 bits per heavy atom. The summed E-state index contributed by atoms with van der Waals surface area (Å²) in [4.78, 5) is 41.5. The summed E-state index contributed by atoms with van der Waals surface area (Å²) in [5.41, 5.74) is 2.27. The van der Waals surface area contributed by atoms with Crippen molar-refractivity contribution < 1.29 is 29.0 Å². The first kappa shape index (κ1) is 26.0. The van der Waals surface area contributed by atoms with Gasteiger partial charge < -0.3 is 14.6 Å². The van der Waals surface area contributed by atoms with Crippen LogP contribution < -0.4 is 0 Å². The van der Waals surface area contributed by atoms with Crippen molar-refractivity contribution in [1.29, 1.82) is 0 Å². The van der Waals surface area contributed by atoms with Crippen molar-refractivity contribution in [1.82, 2.24) is 0 Å². The van der Waals surface area contributed by atoms with Gasteiger partial charge in [-0.2, -0.15) is 0 Å². The van der Waals surface area contributed by atoms with E-state index in [-0.39, 0.29) is 28.4 Å². The van der Waals surface area contributed by atoms with Crippen LogP contribution in [0.3, 0.4) is 0 Å². The van der Waals surface area contributed by atoms with Gasteiger partial charge in [0.25, 0.3) is 5.91 Å². The summed E-state index contributed by atoms with van der Waals surface area (Å²) in [6.07, 6.45) is 1.63. The number of amides is 1. The second-order valence-corrected chi connectivity index (χ2v) is 9.75. The van der Waals surface area contributed by atoms with Gasteiger partial charge >= 0.3 is 11.9 Å². The lowest BCUT2D eigenvalue weighted by molar-refractivity contribution is -0.138. The number of carbonyl (C=O) groups is 3. The largest absolute Gasteiger partial charge is 0.506 e. The van der Waals surface area contributed by atoms with E-state index < -0.39 is 17.8 Å². The lowest BCUT2D eigenvalue weighted by atomic mass is 9.87. The van der Waals surface area contributed by atoms with Gasteiger partial charge in [-0.15, -0.1) is 0 Å². The molecule has 0 spiro atoms. The Balaban J connectivity index is 1.94. The van der Waals surface area contributed by atoms with E-state index in [1.807, 2.05) is 12.1 Å². The van der Waals surface area contributed by atoms with Crippen LogP contribution >= 0.6 is 11.8 Å².